The van der Waals surface area contributed by atoms with Gasteiger partial charge in [0.1, 0.15) is 5.75 Å². The summed E-state index contributed by atoms with van der Waals surface area (Å²) in [6.45, 7) is 0. The number of phenolic OH excluding ortho intramolecular Hbond substituents is 1. The van der Waals surface area contributed by atoms with Crippen LogP contribution in [0.2, 0.25) is 0 Å². The van der Waals surface area contributed by atoms with Gasteiger partial charge in [0.25, 0.3) is 0 Å². The van der Waals surface area contributed by atoms with E-state index in [9.17, 15) is 5.11 Å². The summed E-state index contributed by atoms with van der Waals surface area (Å²) in [5.41, 5.74) is 0.895. The molecule has 0 aliphatic heterocycles. The molecule has 1 N–H and O–H groups in total. The fourth-order valence-electron chi connectivity index (χ4n) is 4.75. The van der Waals surface area contributed by atoms with Crippen molar-refractivity contribution in [2.45, 2.75) is 25.2 Å². The Morgan fingerprint density at radius 1 is 1.05 bits per heavy atom. The number of phenols is 1. The minimum atomic E-state index is 0.255. The molecule has 3 fully saturated rings. The number of aromatic hydroxyl groups is 1. The topological polar surface area (TPSA) is 59.2 Å². The summed E-state index contributed by atoms with van der Waals surface area (Å²) in [5, 5.41) is 13.4. The van der Waals surface area contributed by atoms with Crippen molar-refractivity contribution in [3.05, 3.63) is 30.2 Å². The molecule has 0 amide bonds. The van der Waals surface area contributed by atoms with Crippen LogP contribution in [0.1, 0.15) is 31.1 Å². The highest BCUT2D eigenvalue weighted by Crippen LogP contribution is 2.72. The van der Waals surface area contributed by atoms with Crippen molar-refractivity contribution in [2.24, 2.45) is 23.7 Å². The zero-order valence-corrected chi connectivity index (χ0v) is 11.1. The number of rotatable bonds is 2. The van der Waals surface area contributed by atoms with Gasteiger partial charge >= 0.3 is 0 Å². The summed E-state index contributed by atoms with van der Waals surface area (Å²) >= 11 is 0. The van der Waals surface area contributed by atoms with Crippen molar-refractivity contribution < 1.29 is 9.63 Å². The summed E-state index contributed by atoms with van der Waals surface area (Å²) in [6, 6.07) is 6.94. The maximum atomic E-state index is 9.32. The molecule has 2 bridgehead atoms. The third-order valence-electron chi connectivity index (χ3n) is 5.59. The van der Waals surface area contributed by atoms with Gasteiger partial charge in [-0.2, -0.15) is 4.98 Å². The van der Waals surface area contributed by atoms with Crippen molar-refractivity contribution in [3.63, 3.8) is 0 Å². The van der Waals surface area contributed by atoms with Crippen molar-refractivity contribution in [3.8, 4) is 17.1 Å². The average Bonchev–Trinajstić information content (AvgIpc) is 2.89. The van der Waals surface area contributed by atoms with E-state index in [0.717, 1.165) is 35.1 Å². The molecule has 3 saturated carbocycles. The van der Waals surface area contributed by atoms with Crippen LogP contribution in [0.5, 0.6) is 5.75 Å². The Morgan fingerprint density at radius 3 is 2.45 bits per heavy atom. The molecule has 3 aliphatic rings. The molecular formula is C16H16N2O2. The van der Waals surface area contributed by atoms with Gasteiger partial charge in [0, 0.05) is 11.5 Å². The van der Waals surface area contributed by atoms with Gasteiger partial charge in [-0.25, -0.2) is 0 Å². The number of hydrogen-bond acceptors (Lipinski definition) is 4. The van der Waals surface area contributed by atoms with Gasteiger partial charge in [-0.3, -0.25) is 0 Å². The van der Waals surface area contributed by atoms with Gasteiger partial charge in [0.05, 0.1) is 0 Å². The molecule has 3 aliphatic carbocycles. The quantitative estimate of drug-likeness (QED) is 0.908. The zero-order valence-electron chi connectivity index (χ0n) is 11.1. The number of fused-ring (bicyclic) bond motifs is 5. The largest absolute Gasteiger partial charge is 0.508 e. The fourth-order valence-corrected chi connectivity index (χ4v) is 4.75. The van der Waals surface area contributed by atoms with E-state index in [1.165, 1.54) is 19.3 Å². The van der Waals surface area contributed by atoms with Gasteiger partial charge < -0.3 is 9.63 Å². The Kier molecular flexibility index (Phi) is 1.97. The van der Waals surface area contributed by atoms with Crippen LogP contribution in [-0.4, -0.2) is 15.2 Å². The average molecular weight is 268 g/mol. The second-order valence-corrected chi connectivity index (χ2v) is 6.52. The molecule has 1 heterocycles. The highest BCUT2D eigenvalue weighted by molar-refractivity contribution is 5.55. The Labute approximate surface area is 116 Å². The lowest BCUT2D eigenvalue weighted by Crippen LogP contribution is -1.97. The van der Waals surface area contributed by atoms with Crippen molar-refractivity contribution in [1.82, 2.24) is 10.1 Å². The summed E-state index contributed by atoms with van der Waals surface area (Å²) in [6.07, 6.45) is 4.24. The molecule has 20 heavy (non-hydrogen) atoms. The standard InChI is InChI=1S/C16H16N2O2/c19-11-5-3-8(4-6-11)15-17-16(20-18-15)14-12-9-1-2-10(7-9)13(12)14/h3-6,9-10,12-14,19H,1-2,7H2. The Hall–Kier alpha value is -1.84. The first-order chi connectivity index (χ1) is 9.81. The lowest BCUT2D eigenvalue weighted by Gasteiger charge is -2.04. The van der Waals surface area contributed by atoms with E-state index >= 15 is 0 Å². The lowest BCUT2D eigenvalue weighted by atomic mass is 10.0. The monoisotopic (exact) mass is 268 g/mol. The molecule has 0 spiro atoms. The van der Waals surface area contributed by atoms with E-state index in [1.54, 1.807) is 12.1 Å². The van der Waals surface area contributed by atoms with Crippen LogP contribution in [-0.2, 0) is 0 Å². The van der Waals surface area contributed by atoms with Crippen LogP contribution < -0.4 is 0 Å². The molecule has 0 saturated heterocycles. The van der Waals surface area contributed by atoms with E-state index in [1.807, 2.05) is 12.1 Å². The third kappa shape index (κ3) is 1.37. The van der Waals surface area contributed by atoms with Crippen LogP contribution in [0.3, 0.4) is 0 Å². The van der Waals surface area contributed by atoms with E-state index in [0.29, 0.717) is 11.7 Å². The number of hydrogen-bond donors (Lipinski definition) is 1. The molecule has 4 nitrogen and oxygen atoms in total. The summed E-state index contributed by atoms with van der Waals surface area (Å²) in [5.74, 6) is 5.73. The lowest BCUT2D eigenvalue weighted by molar-refractivity contribution is 0.356. The van der Waals surface area contributed by atoms with Crippen molar-refractivity contribution in [1.29, 1.82) is 0 Å². The maximum Gasteiger partial charge on any atom is 0.230 e. The van der Waals surface area contributed by atoms with Gasteiger partial charge in [-0.1, -0.05) is 5.16 Å². The number of aromatic nitrogens is 2. The Bertz CT molecular complexity index is 647. The van der Waals surface area contributed by atoms with Gasteiger partial charge in [-0.15, -0.1) is 0 Å². The molecule has 0 radical (unpaired) electrons. The van der Waals surface area contributed by atoms with Crippen LogP contribution >= 0.6 is 0 Å². The highest BCUT2D eigenvalue weighted by Gasteiger charge is 2.67. The minimum absolute atomic E-state index is 0.255. The molecule has 5 rings (SSSR count). The SMILES string of the molecule is Oc1ccc(-c2noc(C3C4C5CCC(C5)C34)n2)cc1. The van der Waals surface area contributed by atoms with E-state index in [2.05, 4.69) is 10.1 Å². The third-order valence-corrected chi connectivity index (χ3v) is 5.59. The molecule has 4 heteroatoms. The molecule has 1 aromatic carbocycles. The molecule has 102 valence electrons. The van der Waals surface area contributed by atoms with Gasteiger partial charge in [0.15, 0.2) is 0 Å². The summed E-state index contributed by atoms with van der Waals surface area (Å²) in [7, 11) is 0. The predicted molar refractivity (Wildman–Crippen MR) is 72.0 cm³/mol. The summed E-state index contributed by atoms with van der Waals surface area (Å²) in [4.78, 5) is 4.59. The van der Waals surface area contributed by atoms with E-state index in [4.69, 9.17) is 4.52 Å². The smallest absolute Gasteiger partial charge is 0.230 e. The van der Waals surface area contributed by atoms with Crippen LogP contribution in [0, 0.1) is 23.7 Å². The molecule has 1 aromatic heterocycles. The second-order valence-electron chi connectivity index (χ2n) is 6.52. The Morgan fingerprint density at radius 2 is 1.75 bits per heavy atom. The first-order valence-corrected chi connectivity index (χ1v) is 7.44. The van der Waals surface area contributed by atoms with E-state index < -0.39 is 0 Å². The molecule has 4 atom stereocenters. The van der Waals surface area contributed by atoms with Gasteiger partial charge in [-0.05, 0) is 67.2 Å². The second kappa shape index (κ2) is 3.62. The number of nitrogens with zero attached hydrogens (tertiary/aromatic N) is 2. The fraction of sp³-hybridized carbons (Fsp3) is 0.500. The van der Waals surface area contributed by atoms with Crippen molar-refractivity contribution in [2.75, 3.05) is 0 Å². The molecular weight excluding hydrogens is 252 g/mol. The normalized spacial score (nSPS) is 37.1. The minimum Gasteiger partial charge on any atom is -0.508 e. The van der Waals surface area contributed by atoms with Crippen LogP contribution in [0.25, 0.3) is 11.4 Å². The van der Waals surface area contributed by atoms with Gasteiger partial charge in [0.2, 0.25) is 11.7 Å². The summed E-state index contributed by atoms with van der Waals surface area (Å²) < 4.78 is 5.51. The van der Waals surface area contributed by atoms with Crippen molar-refractivity contribution >= 4 is 0 Å². The first kappa shape index (κ1) is 10.9. The van der Waals surface area contributed by atoms with E-state index in [-0.39, 0.29) is 5.75 Å². The molecule has 4 unspecified atom stereocenters. The van der Waals surface area contributed by atoms with Crippen LogP contribution in [0.4, 0.5) is 0 Å². The maximum absolute atomic E-state index is 9.32. The number of benzene rings is 1. The zero-order chi connectivity index (χ0) is 13.3. The first-order valence-electron chi connectivity index (χ1n) is 7.44. The highest BCUT2D eigenvalue weighted by atomic mass is 16.5. The Balaban J connectivity index is 1.43. The van der Waals surface area contributed by atoms with Crippen LogP contribution in [0.15, 0.2) is 28.8 Å². The predicted octanol–water partition coefficient (Wildman–Crippen LogP) is 3.20. The molecule has 2 aromatic rings.